The Bertz CT molecular complexity index is 558. The van der Waals surface area contributed by atoms with Gasteiger partial charge in [-0.3, -0.25) is 4.99 Å². The number of anilines is 1. The zero-order chi connectivity index (χ0) is 14.5. The van der Waals surface area contributed by atoms with E-state index in [-0.39, 0.29) is 0 Å². The van der Waals surface area contributed by atoms with Gasteiger partial charge in [0.25, 0.3) is 0 Å². The van der Waals surface area contributed by atoms with Crippen molar-refractivity contribution < 1.29 is 0 Å². The summed E-state index contributed by atoms with van der Waals surface area (Å²) in [6, 6.07) is 6.54. The minimum absolute atomic E-state index is 0.532. The molecule has 0 aliphatic heterocycles. The van der Waals surface area contributed by atoms with Crippen molar-refractivity contribution in [1.29, 1.82) is 0 Å². The zero-order valence-electron chi connectivity index (χ0n) is 12.7. The Morgan fingerprint density at radius 3 is 2.86 bits per heavy atom. The summed E-state index contributed by atoms with van der Waals surface area (Å²) in [5, 5.41) is 3.22. The molecule has 3 nitrogen and oxygen atoms in total. The number of nitrogens with two attached hydrogens (primary N) is 1. The average Bonchev–Trinajstić information content (AvgIpc) is 2.96. The Labute approximate surface area is 127 Å². The summed E-state index contributed by atoms with van der Waals surface area (Å²) in [6.45, 7) is 0.787. The Morgan fingerprint density at radius 2 is 2.00 bits per heavy atom. The van der Waals surface area contributed by atoms with Gasteiger partial charge in [-0.1, -0.05) is 17.7 Å². The Balaban J connectivity index is 1.52. The molecule has 0 bridgehead atoms. The minimum atomic E-state index is 0.532. The number of hydrogen-bond donors (Lipinski definition) is 2. The molecule has 0 spiro atoms. The molecule has 0 fully saturated rings. The van der Waals surface area contributed by atoms with E-state index in [9.17, 15) is 0 Å². The molecular formula is C18H25N3. The lowest BCUT2D eigenvalue weighted by molar-refractivity contribution is 0.676. The number of nitrogens with zero attached hydrogens (tertiary/aromatic N) is 1. The summed E-state index contributed by atoms with van der Waals surface area (Å²) in [7, 11) is 0. The van der Waals surface area contributed by atoms with Gasteiger partial charge in [-0.25, -0.2) is 0 Å². The second-order valence-electron chi connectivity index (χ2n) is 6.09. The second-order valence-corrected chi connectivity index (χ2v) is 6.09. The third-order valence-corrected chi connectivity index (χ3v) is 4.47. The average molecular weight is 283 g/mol. The highest BCUT2D eigenvalue weighted by Crippen LogP contribution is 2.24. The minimum Gasteiger partial charge on any atom is -0.370 e. The fourth-order valence-corrected chi connectivity index (χ4v) is 3.29. The highest BCUT2D eigenvalue weighted by Gasteiger charge is 2.10. The monoisotopic (exact) mass is 283 g/mol. The molecule has 0 aromatic heterocycles. The van der Waals surface area contributed by atoms with Gasteiger partial charge in [-0.2, -0.15) is 0 Å². The van der Waals surface area contributed by atoms with Gasteiger partial charge in [-0.15, -0.1) is 0 Å². The van der Waals surface area contributed by atoms with Gasteiger partial charge >= 0.3 is 0 Å². The number of nitrogens with one attached hydrogen (secondary N) is 1. The lowest BCUT2D eigenvalue weighted by Gasteiger charge is -2.11. The summed E-state index contributed by atoms with van der Waals surface area (Å²) in [5.41, 5.74) is 11.5. The lowest BCUT2D eigenvalue weighted by Crippen LogP contribution is -2.23. The van der Waals surface area contributed by atoms with Crippen LogP contribution in [0.2, 0.25) is 0 Å². The summed E-state index contributed by atoms with van der Waals surface area (Å²) >= 11 is 0. The molecule has 0 unspecified atom stereocenters. The number of guanidine groups is 1. The van der Waals surface area contributed by atoms with Crippen molar-refractivity contribution >= 4 is 11.6 Å². The maximum Gasteiger partial charge on any atom is 0.193 e. The SMILES string of the molecule is NC(=NCCC1=CCCCC1)Nc1ccc2c(c1)CCC2. The fraction of sp³-hybridized carbons (Fsp3) is 0.500. The van der Waals surface area contributed by atoms with Crippen LogP contribution in [0.25, 0.3) is 0 Å². The van der Waals surface area contributed by atoms with Gasteiger partial charge in [0.1, 0.15) is 0 Å². The Morgan fingerprint density at radius 1 is 1.10 bits per heavy atom. The molecule has 0 amide bonds. The van der Waals surface area contributed by atoms with E-state index in [1.165, 1.54) is 56.1 Å². The van der Waals surface area contributed by atoms with E-state index < -0.39 is 0 Å². The first kappa shape index (κ1) is 14.2. The number of rotatable bonds is 4. The van der Waals surface area contributed by atoms with Crippen LogP contribution in [-0.4, -0.2) is 12.5 Å². The third-order valence-electron chi connectivity index (χ3n) is 4.47. The predicted octanol–water partition coefficient (Wildman–Crippen LogP) is 3.79. The molecular weight excluding hydrogens is 258 g/mol. The van der Waals surface area contributed by atoms with Crippen LogP contribution < -0.4 is 11.1 Å². The van der Waals surface area contributed by atoms with Gasteiger partial charge in [-0.05, 0) is 74.6 Å². The highest BCUT2D eigenvalue weighted by molar-refractivity contribution is 5.92. The molecule has 0 radical (unpaired) electrons. The zero-order valence-corrected chi connectivity index (χ0v) is 12.7. The van der Waals surface area contributed by atoms with Crippen molar-refractivity contribution in [3.05, 3.63) is 41.0 Å². The van der Waals surface area contributed by atoms with E-state index in [1.54, 1.807) is 5.57 Å². The van der Waals surface area contributed by atoms with Crippen LogP contribution in [0.5, 0.6) is 0 Å². The van der Waals surface area contributed by atoms with Crippen LogP contribution in [-0.2, 0) is 12.8 Å². The molecule has 21 heavy (non-hydrogen) atoms. The number of fused-ring (bicyclic) bond motifs is 1. The first-order valence-corrected chi connectivity index (χ1v) is 8.18. The molecule has 3 heteroatoms. The van der Waals surface area contributed by atoms with Crippen LogP contribution in [0, 0.1) is 0 Å². The molecule has 0 heterocycles. The van der Waals surface area contributed by atoms with E-state index in [4.69, 9.17) is 5.73 Å². The van der Waals surface area contributed by atoms with E-state index in [2.05, 4.69) is 34.6 Å². The molecule has 0 saturated carbocycles. The third kappa shape index (κ3) is 3.87. The summed E-state index contributed by atoms with van der Waals surface area (Å²) in [4.78, 5) is 4.45. The maximum absolute atomic E-state index is 5.99. The molecule has 0 saturated heterocycles. The lowest BCUT2D eigenvalue weighted by atomic mass is 9.97. The molecule has 1 aromatic rings. The van der Waals surface area contributed by atoms with Gasteiger partial charge in [0.05, 0.1) is 0 Å². The number of aliphatic imine (C=N–C) groups is 1. The van der Waals surface area contributed by atoms with Gasteiger partial charge in [0.15, 0.2) is 5.96 Å². The van der Waals surface area contributed by atoms with E-state index in [0.717, 1.165) is 18.7 Å². The van der Waals surface area contributed by atoms with Gasteiger partial charge in [0, 0.05) is 12.2 Å². The van der Waals surface area contributed by atoms with Crippen LogP contribution >= 0.6 is 0 Å². The topological polar surface area (TPSA) is 50.4 Å². The van der Waals surface area contributed by atoms with Crippen LogP contribution in [0.3, 0.4) is 0 Å². The van der Waals surface area contributed by atoms with Crippen molar-refractivity contribution in [2.24, 2.45) is 10.7 Å². The summed E-state index contributed by atoms with van der Waals surface area (Å²) in [5.74, 6) is 0.532. The standard InChI is InChI=1S/C18H25N3/c19-18(20-12-11-14-5-2-1-3-6-14)21-17-10-9-15-7-4-8-16(15)13-17/h5,9-10,13H,1-4,6-8,11-12H2,(H3,19,20,21). The van der Waals surface area contributed by atoms with E-state index in [1.807, 2.05) is 0 Å². The van der Waals surface area contributed by atoms with Crippen molar-refractivity contribution in [2.75, 3.05) is 11.9 Å². The highest BCUT2D eigenvalue weighted by atomic mass is 15.1. The second kappa shape index (κ2) is 6.79. The summed E-state index contributed by atoms with van der Waals surface area (Å²) in [6.07, 6.45) is 12.3. The molecule has 3 rings (SSSR count). The predicted molar refractivity (Wildman–Crippen MR) is 89.7 cm³/mol. The first-order chi connectivity index (χ1) is 10.3. The fourth-order valence-electron chi connectivity index (χ4n) is 3.29. The number of hydrogen-bond acceptors (Lipinski definition) is 1. The van der Waals surface area contributed by atoms with E-state index in [0.29, 0.717) is 5.96 Å². The van der Waals surface area contributed by atoms with Crippen LogP contribution in [0.4, 0.5) is 5.69 Å². The molecule has 112 valence electrons. The largest absolute Gasteiger partial charge is 0.370 e. The molecule has 2 aliphatic rings. The maximum atomic E-state index is 5.99. The van der Waals surface area contributed by atoms with Gasteiger partial charge < -0.3 is 11.1 Å². The normalized spacial score (nSPS) is 18.3. The van der Waals surface area contributed by atoms with Crippen molar-refractivity contribution in [2.45, 2.75) is 51.4 Å². The molecule has 1 aromatic carbocycles. The molecule has 2 aliphatic carbocycles. The van der Waals surface area contributed by atoms with E-state index >= 15 is 0 Å². The van der Waals surface area contributed by atoms with Crippen LogP contribution in [0.15, 0.2) is 34.8 Å². The van der Waals surface area contributed by atoms with Crippen molar-refractivity contribution in [3.8, 4) is 0 Å². The number of benzene rings is 1. The Hall–Kier alpha value is -1.77. The van der Waals surface area contributed by atoms with Crippen molar-refractivity contribution in [3.63, 3.8) is 0 Å². The summed E-state index contributed by atoms with van der Waals surface area (Å²) < 4.78 is 0. The molecule has 3 N–H and O–H groups in total. The quantitative estimate of drug-likeness (QED) is 0.502. The first-order valence-electron chi connectivity index (χ1n) is 8.18. The van der Waals surface area contributed by atoms with Crippen LogP contribution in [0.1, 0.15) is 49.7 Å². The number of aryl methyl sites for hydroxylation is 2. The van der Waals surface area contributed by atoms with Gasteiger partial charge in [0.2, 0.25) is 0 Å². The van der Waals surface area contributed by atoms with Crippen molar-refractivity contribution in [1.82, 2.24) is 0 Å². The molecule has 0 atom stereocenters. The smallest absolute Gasteiger partial charge is 0.193 e. The Kier molecular flexibility index (Phi) is 4.59. The number of allylic oxidation sites excluding steroid dienone is 1.